The van der Waals surface area contributed by atoms with Gasteiger partial charge in [0.1, 0.15) is 28.3 Å². The Balaban J connectivity index is 1.25. The number of ether oxygens (including phenoxy) is 2. The second-order valence-electron chi connectivity index (χ2n) is 10.4. The standard InChI is InChI=1S/C30H39N7O3/c1-3-4-15-32-29-28-26(35-30(31)36-29)18-34-37(28)19-21-7-14-25(16-27(21)39-2)40-24-12-5-20(6-13-24)17-33-22-8-10-23(38)11-9-22/h5-7,12-14,16,18,22-23,33,38H,3-4,8-11,15,17,19H2,1-2H3,(H3,31,32,35,36). The van der Waals surface area contributed by atoms with E-state index in [1.807, 2.05) is 35.0 Å². The number of nitrogens with one attached hydrogen (secondary N) is 2. The topological polar surface area (TPSA) is 132 Å². The molecule has 1 saturated carbocycles. The summed E-state index contributed by atoms with van der Waals surface area (Å²) in [6.45, 7) is 4.23. The number of anilines is 2. The van der Waals surface area contributed by atoms with Crippen molar-refractivity contribution in [1.29, 1.82) is 0 Å². The number of benzene rings is 2. The van der Waals surface area contributed by atoms with E-state index in [-0.39, 0.29) is 12.1 Å². The minimum absolute atomic E-state index is 0.132. The van der Waals surface area contributed by atoms with Crippen LogP contribution in [0.4, 0.5) is 11.8 Å². The Morgan fingerprint density at radius 3 is 2.58 bits per heavy atom. The van der Waals surface area contributed by atoms with Gasteiger partial charge in [-0.25, -0.2) is 4.98 Å². The molecule has 0 saturated heterocycles. The van der Waals surface area contributed by atoms with E-state index in [1.54, 1.807) is 13.3 Å². The van der Waals surface area contributed by atoms with E-state index in [2.05, 4.69) is 44.8 Å². The molecule has 0 spiro atoms. The summed E-state index contributed by atoms with van der Waals surface area (Å²) in [4.78, 5) is 8.78. The summed E-state index contributed by atoms with van der Waals surface area (Å²) < 4.78 is 13.7. The van der Waals surface area contributed by atoms with Gasteiger partial charge < -0.3 is 30.9 Å². The first-order valence-corrected chi connectivity index (χ1v) is 14.1. The van der Waals surface area contributed by atoms with Crippen molar-refractivity contribution in [1.82, 2.24) is 25.1 Å². The molecule has 5 rings (SSSR count). The van der Waals surface area contributed by atoms with Crippen LogP contribution >= 0.6 is 0 Å². The highest BCUT2D eigenvalue weighted by Crippen LogP contribution is 2.30. The maximum atomic E-state index is 9.69. The number of nitrogens with zero attached hydrogens (tertiary/aromatic N) is 4. The van der Waals surface area contributed by atoms with Gasteiger partial charge >= 0.3 is 0 Å². The van der Waals surface area contributed by atoms with Crippen LogP contribution in [0.2, 0.25) is 0 Å². The number of aliphatic hydroxyl groups excluding tert-OH is 1. The molecule has 2 heterocycles. The van der Waals surface area contributed by atoms with E-state index in [0.29, 0.717) is 35.4 Å². The fraction of sp³-hybridized carbons (Fsp3) is 0.433. The van der Waals surface area contributed by atoms with Crippen molar-refractivity contribution in [3.8, 4) is 17.2 Å². The summed E-state index contributed by atoms with van der Waals surface area (Å²) in [5.41, 5.74) is 9.59. The molecule has 4 aromatic rings. The number of methoxy groups -OCH3 is 1. The molecule has 40 heavy (non-hydrogen) atoms. The lowest BCUT2D eigenvalue weighted by molar-refractivity contribution is 0.116. The monoisotopic (exact) mass is 545 g/mol. The van der Waals surface area contributed by atoms with E-state index < -0.39 is 0 Å². The predicted molar refractivity (Wildman–Crippen MR) is 157 cm³/mol. The van der Waals surface area contributed by atoms with Crippen LogP contribution in [0, 0.1) is 0 Å². The molecule has 0 amide bonds. The average molecular weight is 546 g/mol. The van der Waals surface area contributed by atoms with Crippen molar-refractivity contribution in [2.24, 2.45) is 0 Å². The van der Waals surface area contributed by atoms with Crippen molar-refractivity contribution < 1.29 is 14.6 Å². The molecule has 212 valence electrons. The summed E-state index contributed by atoms with van der Waals surface area (Å²) >= 11 is 0. The minimum Gasteiger partial charge on any atom is -0.496 e. The van der Waals surface area contributed by atoms with Gasteiger partial charge in [0.15, 0.2) is 5.82 Å². The Hall–Kier alpha value is -3.89. The third-order valence-corrected chi connectivity index (χ3v) is 7.36. The molecule has 1 aliphatic carbocycles. The fourth-order valence-corrected chi connectivity index (χ4v) is 5.08. The summed E-state index contributed by atoms with van der Waals surface area (Å²) in [7, 11) is 1.65. The van der Waals surface area contributed by atoms with Gasteiger partial charge in [-0.2, -0.15) is 10.1 Å². The van der Waals surface area contributed by atoms with E-state index in [1.165, 1.54) is 5.56 Å². The fourth-order valence-electron chi connectivity index (χ4n) is 5.08. The third kappa shape index (κ3) is 6.81. The first-order valence-electron chi connectivity index (χ1n) is 14.1. The summed E-state index contributed by atoms with van der Waals surface area (Å²) in [5, 5.41) is 21.2. The van der Waals surface area contributed by atoms with E-state index in [4.69, 9.17) is 15.2 Å². The van der Waals surface area contributed by atoms with Crippen LogP contribution in [0.3, 0.4) is 0 Å². The molecule has 0 aliphatic heterocycles. The number of aliphatic hydroxyl groups is 1. The average Bonchev–Trinajstić information content (AvgIpc) is 3.36. The molecule has 10 heteroatoms. The van der Waals surface area contributed by atoms with Crippen LogP contribution in [0.25, 0.3) is 11.0 Å². The van der Waals surface area contributed by atoms with Crippen LogP contribution in [-0.4, -0.2) is 50.7 Å². The molecular formula is C30H39N7O3. The van der Waals surface area contributed by atoms with E-state index in [9.17, 15) is 5.11 Å². The normalized spacial score (nSPS) is 17.2. The highest BCUT2D eigenvalue weighted by molar-refractivity contribution is 5.86. The molecule has 0 atom stereocenters. The molecule has 10 nitrogen and oxygen atoms in total. The van der Waals surface area contributed by atoms with Crippen molar-refractivity contribution in [3.63, 3.8) is 0 Å². The summed E-state index contributed by atoms with van der Waals surface area (Å²) in [5.74, 6) is 3.06. The highest BCUT2D eigenvalue weighted by Gasteiger charge is 2.19. The first kappa shape index (κ1) is 27.7. The Morgan fingerprint density at radius 2 is 1.82 bits per heavy atom. The Bertz CT molecular complexity index is 1400. The Morgan fingerprint density at radius 1 is 1.05 bits per heavy atom. The van der Waals surface area contributed by atoms with E-state index >= 15 is 0 Å². The van der Waals surface area contributed by atoms with Gasteiger partial charge in [0.05, 0.1) is 26.0 Å². The number of hydrogen-bond donors (Lipinski definition) is 4. The number of nitrogen functional groups attached to an aromatic ring is 1. The van der Waals surface area contributed by atoms with Gasteiger partial charge in [-0.3, -0.25) is 4.68 Å². The van der Waals surface area contributed by atoms with Crippen molar-refractivity contribution in [2.75, 3.05) is 24.7 Å². The number of nitrogens with two attached hydrogens (primary N) is 1. The quantitative estimate of drug-likeness (QED) is 0.184. The number of aromatic nitrogens is 4. The molecule has 2 aromatic carbocycles. The van der Waals surface area contributed by atoms with Crippen LogP contribution in [0.1, 0.15) is 56.6 Å². The molecule has 0 radical (unpaired) electrons. The van der Waals surface area contributed by atoms with Crippen molar-refractivity contribution in [3.05, 3.63) is 59.8 Å². The molecule has 1 aliphatic rings. The lowest BCUT2D eigenvalue weighted by atomic mass is 9.93. The maximum absolute atomic E-state index is 9.69. The Kier molecular flexibility index (Phi) is 8.98. The molecule has 1 fully saturated rings. The molecule has 5 N–H and O–H groups in total. The highest BCUT2D eigenvalue weighted by atomic mass is 16.5. The Labute approximate surface area is 234 Å². The van der Waals surface area contributed by atoms with Crippen LogP contribution in [0.15, 0.2) is 48.7 Å². The lowest BCUT2D eigenvalue weighted by Gasteiger charge is -2.26. The SMILES string of the molecule is CCCCNc1nc(N)nc2cnn(Cc3ccc(Oc4ccc(CNC5CCC(O)CC5)cc4)cc3OC)c12. The predicted octanol–water partition coefficient (Wildman–Crippen LogP) is 4.86. The van der Waals surface area contributed by atoms with Gasteiger partial charge in [-0.05, 0) is 61.9 Å². The largest absolute Gasteiger partial charge is 0.496 e. The van der Waals surface area contributed by atoms with Gasteiger partial charge in [0.25, 0.3) is 0 Å². The zero-order valence-corrected chi connectivity index (χ0v) is 23.3. The lowest BCUT2D eigenvalue weighted by Crippen LogP contribution is -2.34. The molecular weight excluding hydrogens is 506 g/mol. The summed E-state index contributed by atoms with van der Waals surface area (Å²) in [6, 6.07) is 14.4. The number of unbranched alkanes of at least 4 members (excludes halogenated alkanes) is 1. The zero-order chi connectivity index (χ0) is 27.9. The van der Waals surface area contributed by atoms with Gasteiger partial charge in [-0.1, -0.05) is 25.5 Å². The zero-order valence-electron chi connectivity index (χ0n) is 23.3. The van der Waals surface area contributed by atoms with Gasteiger partial charge in [0.2, 0.25) is 5.95 Å². The number of fused-ring (bicyclic) bond motifs is 1. The number of hydrogen-bond acceptors (Lipinski definition) is 9. The second kappa shape index (κ2) is 13.0. The molecule has 2 aromatic heterocycles. The number of rotatable bonds is 12. The van der Waals surface area contributed by atoms with Crippen molar-refractivity contribution >= 4 is 22.8 Å². The van der Waals surface area contributed by atoms with Crippen LogP contribution < -0.4 is 25.8 Å². The molecule has 0 unspecified atom stereocenters. The van der Waals surface area contributed by atoms with E-state index in [0.717, 1.165) is 68.4 Å². The maximum Gasteiger partial charge on any atom is 0.222 e. The van der Waals surface area contributed by atoms with Crippen LogP contribution in [-0.2, 0) is 13.1 Å². The minimum atomic E-state index is -0.132. The second-order valence-corrected chi connectivity index (χ2v) is 10.4. The summed E-state index contributed by atoms with van der Waals surface area (Å²) in [6.07, 6.45) is 7.50. The first-order chi connectivity index (χ1) is 19.5. The van der Waals surface area contributed by atoms with Gasteiger partial charge in [-0.15, -0.1) is 0 Å². The van der Waals surface area contributed by atoms with Gasteiger partial charge in [0, 0.05) is 30.8 Å². The van der Waals surface area contributed by atoms with Crippen molar-refractivity contribution in [2.45, 2.75) is 70.7 Å². The third-order valence-electron chi connectivity index (χ3n) is 7.36. The smallest absolute Gasteiger partial charge is 0.222 e. The molecule has 0 bridgehead atoms. The van der Waals surface area contributed by atoms with Crippen LogP contribution in [0.5, 0.6) is 17.2 Å².